The number of aryl methyl sites for hydroxylation is 1. The molecule has 4 rings (SSSR count). The Morgan fingerprint density at radius 1 is 0.949 bits per heavy atom. The van der Waals surface area contributed by atoms with Crippen LogP contribution in [0.1, 0.15) is 43.5 Å². The average molecular weight is 562 g/mol. The Hall–Kier alpha value is -3.51. The van der Waals surface area contributed by atoms with Gasteiger partial charge in [-0.25, -0.2) is 18.4 Å². The van der Waals surface area contributed by atoms with Crippen molar-refractivity contribution in [3.63, 3.8) is 0 Å². The van der Waals surface area contributed by atoms with E-state index in [2.05, 4.69) is 10.3 Å². The number of alkyl halides is 3. The van der Waals surface area contributed by atoms with E-state index in [0.29, 0.717) is 36.0 Å². The Bertz CT molecular complexity index is 1450. The zero-order valence-corrected chi connectivity index (χ0v) is 22.9. The summed E-state index contributed by atoms with van der Waals surface area (Å²) in [6, 6.07) is 10.8. The van der Waals surface area contributed by atoms with Crippen molar-refractivity contribution in [2.45, 2.75) is 44.7 Å². The van der Waals surface area contributed by atoms with Gasteiger partial charge in [-0.2, -0.15) is 17.5 Å². The monoisotopic (exact) mass is 561 g/mol. The first-order valence-electron chi connectivity index (χ1n) is 12.5. The number of piperazine rings is 1. The fourth-order valence-corrected chi connectivity index (χ4v) is 6.05. The van der Waals surface area contributed by atoms with E-state index >= 15 is 0 Å². The van der Waals surface area contributed by atoms with Crippen LogP contribution in [0, 0.1) is 6.92 Å². The molecule has 0 atom stereocenters. The van der Waals surface area contributed by atoms with E-state index in [1.807, 2.05) is 25.7 Å². The minimum atomic E-state index is -4.44. The number of carbonyl (C=O) groups excluding carboxylic acids is 1. The predicted octanol–water partition coefficient (Wildman–Crippen LogP) is 5.06. The van der Waals surface area contributed by atoms with Crippen LogP contribution in [0.2, 0.25) is 0 Å². The highest BCUT2D eigenvalue weighted by molar-refractivity contribution is 7.89. The number of carbonyl (C=O) groups is 1. The molecule has 1 N–H and O–H groups in total. The Kier molecular flexibility index (Phi) is 7.99. The van der Waals surface area contributed by atoms with Crippen molar-refractivity contribution in [3.05, 3.63) is 65.4 Å². The van der Waals surface area contributed by atoms with Crippen molar-refractivity contribution in [3.8, 4) is 11.4 Å². The third kappa shape index (κ3) is 6.22. The number of halogens is 3. The number of aromatic nitrogens is 2. The quantitative estimate of drug-likeness (QED) is 0.452. The maximum atomic E-state index is 13.2. The first-order valence-corrected chi connectivity index (χ1v) is 13.9. The minimum Gasteiger partial charge on any atom is -0.354 e. The van der Waals surface area contributed by atoms with Gasteiger partial charge in [-0.1, -0.05) is 26.0 Å². The molecule has 0 radical (unpaired) electrons. The standard InChI is InChI=1S/C27H30F3N5O3S/c1-17(2)24-18(3)31-25(20-5-7-21(8-6-20)27(28,29)30)33-26(24)34-13-15-35(16-14-34)39(37,38)23-11-9-22(10-12-23)32-19(4)36/h5-12,17H,13-16H2,1-4H3,(H,32,36). The highest BCUT2D eigenvalue weighted by atomic mass is 32.2. The van der Waals surface area contributed by atoms with Crippen LogP contribution >= 0.6 is 0 Å². The van der Waals surface area contributed by atoms with E-state index in [4.69, 9.17) is 4.98 Å². The summed E-state index contributed by atoms with van der Waals surface area (Å²) in [4.78, 5) is 22.7. The molecule has 1 fully saturated rings. The number of rotatable bonds is 6. The topological polar surface area (TPSA) is 95.5 Å². The van der Waals surface area contributed by atoms with Crippen molar-refractivity contribution in [2.75, 3.05) is 36.4 Å². The van der Waals surface area contributed by atoms with E-state index in [-0.39, 0.29) is 29.8 Å². The Balaban J connectivity index is 1.57. The molecule has 12 heteroatoms. The molecule has 1 amide bonds. The first-order chi connectivity index (χ1) is 18.3. The van der Waals surface area contributed by atoms with Crippen LogP contribution in [0.4, 0.5) is 24.7 Å². The summed E-state index contributed by atoms with van der Waals surface area (Å²) in [7, 11) is -3.75. The molecule has 2 heterocycles. The molecular formula is C27H30F3N5O3S. The largest absolute Gasteiger partial charge is 0.416 e. The maximum Gasteiger partial charge on any atom is 0.416 e. The second-order valence-electron chi connectivity index (χ2n) is 9.70. The average Bonchev–Trinajstić information content (AvgIpc) is 2.87. The van der Waals surface area contributed by atoms with Crippen LogP contribution in [0.15, 0.2) is 53.4 Å². The lowest BCUT2D eigenvalue weighted by Crippen LogP contribution is -2.49. The molecule has 0 saturated carbocycles. The fourth-order valence-electron chi connectivity index (χ4n) is 4.62. The predicted molar refractivity (Wildman–Crippen MR) is 143 cm³/mol. The number of benzene rings is 2. The summed E-state index contributed by atoms with van der Waals surface area (Å²) in [6.07, 6.45) is -4.44. The second kappa shape index (κ2) is 10.9. The van der Waals surface area contributed by atoms with E-state index in [9.17, 15) is 26.4 Å². The van der Waals surface area contributed by atoms with Gasteiger partial charge < -0.3 is 10.2 Å². The molecule has 39 heavy (non-hydrogen) atoms. The van der Waals surface area contributed by atoms with Crippen molar-refractivity contribution < 1.29 is 26.4 Å². The van der Waals surface area contributed by atoms with Gasteiger partial charge in [0.25, 0.3) is 0 Å². The van der Waals surface area contributed by atoms with Crippen LogP contribution < -0.4 is 10.2 Å². The van der Waals surface area contributed by atoms with E-state index in [1.54, 1.807) is 12.1 Å². The van der Waals surface area contributed by atoms with E-state index in [1.165, 1.54) is 35.5 Å². The second-order valence-corrected chi connectivity index (χ2v) is 11.6. The third-order valence-corrected chi connectivity index (χ3v) is 8.43. The molecule has 0 spiro atoms. The summed E-state index contributed by atoms with van der Waals surface area (Å²) in [6.45, 7) is 8.46. The minimum absolute atomic E-state index is 0.0746. The third-order valence-electron chi connectivity index (χ3n) is 6.51. The van der Waals surface area contributed by atoms with Gasteiger partial charge in [-0.05, 0) is 49.2 Å². The zero-order valence-electron chi connectivity index (χ0n) is 22.1. The molecule has 1 aliphatic rings. The molecule has 8 nitrogen and oxygen atoms in total. The number of nitrogens with zero attached hydrogens (tertiary/aromatic N) is 4. The van der Waals surface area contributed by atoms with Crippen LogP contribution in [0.25, 0.3) is 11.4 Å². The van der Waals surface area contributed by atoms with Gasteiger partial charge in [-0.15, -0.1) is 0 Å². The van der Waals surface area contributed by atoms with Gasteiger partial charge in [0.15, 0.2) is 5.82 Å². The summed E-state index contributed by atoms with van der Waals surface area (Å²) in [5.74, 6) is 0.800. The van der Waals surface area contributed by atoms with Crippen molar-refractivity contribution in [1.82, 2.24) is 14.3 Å². The first kappa shape index (κ1) is 28.5. The Morgan fingerprint density at radius 2 is 1.54 bits per heavy atom. The number of anilines is 2. The van der Waals surface area contributed by atoms with Gasteiger partial charge >= 0.3 is 6.18 Å². The number of amides is 1. The number of sulfonamides is 1. The summed E-state index contributed by atoms with van der Waals surface area (Å²) >= 11 is 0. The smallest absolute Gasteiger partial charge is 0.354 e. The van der Waals surface area contributed by atoms with Crippen LogP contribution in [-0.4, -0.2) is 54.8 Å². The molecule has 1 saturated heterocycles. The Labute approximate surface area is 225 Å². The molecular weight excluding hydrogens is 531 g/mol. The van der Waals surface area contributed by atoms with Crippen molar-refractivity contribution in [2.24, 2.45) is 0 Å². The van der Waals surface area contributed by atoms with E-state index in [0.717, 1.165) is 23.4 Å². The molecule has 3 aromatic rings. The van der Waals surface area contributed by atoms with Crippen molar-refractivity contribution in [1.29, 1.82) is 0 Å². The van der Waals surface area contributed by atoms with Gasteiger partial charge in [0.05, 0.1) is 10.5 Å². The van der Waals surface area contributed by atoms with Gasteiger partial charge in [-0.3, -0.25) is 4.79 Å². The lowest BCUT2D eigenvalue weighted by atomic mass is 10.0. The molecule has 1 aromatic heterocycles. The van der Waals surface area contributed by atoms with Gasteiger partial charge in [0, 0.05) is 55.6 Å². The molecule has 1 aliphatic heterocycles. The highest BCUT2D eigenvalue weighted by Gasteiger charge is 2.32. The normalized spacial score (nSPS) is 15.0. The summed E-state index contributed by atoms with van der Waals surface area (Å²) in [5, 5.41) is 2.62. The summed E-state index contributed by atoms with van der Waals surface area (Å²) < 4.78 is 67.0. The van der Waals surface area contributed by atoms with E-state index < -0.39 is 21.8 Å². The summed E-state index contributed by atoms with van der Waals surface area (Å²) in [5.41, 5.74) is 1.86. The highest BCUT2D eigenvalue weighted by Crippen LogP contribution is 2.34. The molecule has 2 aromatic carbocycles. The van der Waals surface area contributed by atoms with Gasteiger partial charge in [0.1, 0.15) is 5.82 Å². The maximum absolute atomic E-state index is 13.2. The fraction of sp³-hybridized carbons (Fsp3) is 0.370. The zero-order chi connectivity index (χ0) is 28.5. The van der Waals surface area contributed by atoms with Crippen molar-refractivity contribution >= 4 is 27.4 Å². The number of nitrogens with one attached hydrogen (secondary N) is 1. The van der Waals surface area contributed by atoms with Crippen LogP contribution in [-0.2, 0) is 21.0 Å². The number of hydrogen-bond acceptors (Lipinski definition) is 6. The SMILES string of the molecule is CC(=O)Nc1ccc(S(=O)(=O)N2CCN(c3nc(-c4ccc(C(F)(F)F)cc4)nc(C)c3C(C)C)CC2)cc1. The van der Waals surface area contributed by atoms with Crippen LogP contribution in [0.3, 0.4) is 0 Å². The molecule has 0 aliphatic carbocycles. The Morgan fingerprint density at radius 3 is 2.05 bits per heavy atom. The lowest BCUT2D eigenvalue weighted by molar-refractivity contribution is -0.137. The molecule has 0 bridgehead atoms. The lowest BCUT2D eigenvalue weighted by Gasteiger charge is -2.36. The molecule has 0 unspecified atom stereocenters. The van der Waals surface area contributed by atoms with Crippen LogP contribution in [0.5, 0.6) is 0 Å². The molecule has 208 valence electrons. The number of hydrogen-bond donors (Lipinski definition) is 1. The van der Waals surface area contributed by atoms with Gasteiger partial charge in [0.2, 0.25) is 15.9 Å².